The van der Waals surface area contributed by atoms with Crippen LogP contribution in [0, 0.1) is 0 Å². The van der Waals surface area contributed by atoms with Crippen LogP contribution in [-0.4, -0.2) is 23.2 Å². The lowest BCUT2D eigenvalue weighted by Crippen LogP contribution is -2.38. The molecule has 0 fully saturated rings. The summed E-state index contributed by atoms with van der Waals surface area (Å²) in [6.45, 7) is 0. The van der Waals surface area contributed by atoms with Crippen molar-refractivity contribution in [3.8, 4) is 11.5 Å². The summed E-state index contributed by atoms with van der Waals surface area (Å²) < 4.78 is 33.8. The number of aromatic hydroxyl groups is 2. The van der Waals surface area contributed by atoms with Crippen molar-refractivity contribution in [1.29, 1.82) is 0 Å². The van der Waals surface area contributed by atoms with E-state index in [-0.39, 0.29) is 21.2 Å². The molecule has 5 nitrogen and oxygen atoms in total. The molecule has 0 radical (unpaired) electrons. The minimum atomic E-state index is -5.13. The molecule has 0 amide bonds. The SMILES string of the molecule is O=S(=O)(O)C(c1ccccc1)(c1cccc(Cl)c1)c1c(O)c(Cl)c(Cl)c(Cl)c1O. The number of hydrogen-bond acceptors (Lipinski definition) is 4. The Morgan fingerprint density at radius 2 is 1.24 bits per heavy atom. The zero-order chi connectivity index (χ0) is 21.6. The number of phenolic OH excluding ortho intramolecular Hbond substituents is 2. The smallest absolute Gasteiger partial charge is 0.283 e. The van der Waals surface area contributed by atoms with Crippen LogP contribution in [-0.2, 0) is 14.9 Å². The van der Waals surface area contributed by atoms with Gasteiger partial charge >= 0.3 is 0 Å². The molecule has 152 valence electrons. The first-order valence-corrected chi connectivity index (χ1v) is 10.9. The molecule has 0 spiro atoms. The second-order valence-corrected chi connectivity index (χ2v) is 9.18. The van der Waals surface area contributed by atoms with Crippen molar-refractivity contribution in [3.63, 3.8) is 0 Å². The average molecular weight is 494 g/mol. The third-order valence-corrected chi connectivity index (χ3v) is 7.42. The van der Waals surface area contributed by atoms with E-state index in [4.69, 9.17) is 46.4 Å². The monoisotopic (exact) mass is 492 g/mol. The van der Waals surface area contributed by atoms with Crippen LogP contribution < -0.4 is 0 Å². The van der Waals surface area contributed by atoms with Crippen LogP contribution in [0.5, 0.6) is 11.5 Å². The molecule has 0 saturated heterocycles. The normalized spacial score (nSPS) is 13.8. The van der Waals surface area contributed by atoms with Crippen molar-refractivity contribution >= 4 is 56.5 Å². The Morgan fingerprint density at radius 1 is 0.724 bits per heavy atom. The fraction of sp³-hybridized carbons (Fsp3) is 0.0526. The van der Waals surface area contributed by atoms with Crippen LogP contribution in [0.1, 0.15) is 16.7 Å². The van der Waals surface area contributed by atoms with Gasteiger partial charge in [-0.25, -0.2) is 0 Å². The van der Waals surface area contributed by atoms with Crippen molar-refractivity contribution < 1.29 is 23.2 Å². The van der Waals surface area contributed by atoms with E-state index in [1.165, 1.54) is 48.5 Å². The molecule has 10 heteroatoms. The highest BCUT2D eigenvalue weighted by atomic mass is 35.5. The molecular weight excluding hydrogens is 482 g/mol. The average Bonchev–Trinajstić information content (AvgIpc) is 2.68. The molecule has 1 atom stereocenters. The quantitative estimate of drug-likeness (QED) is 0.239. The van der Waals surface area contributed by atoms with Crippen LogP contribution in [0.2, 0.25) is 20.1 Å². The van der Waals surface area contributed by atoms with Crippen LogP contribution >= 0.6 is 46.4 Å². The summed E-state index contributed by atoms with van der Waals surface area (Å²) in [7, 11) is -5.13. The summed E-state index contributed by atoms with van der Waals surface area (Å²) in [5.41, 5.74) is -0.739. The minimum absolute atomic E-state index is 0.00942. The number of hydrogen-bond donors (Lipinski definition) is 3. The number of halogens is 4. The second kappa shape index (κ2) is 7.87. The summed E-state index contributed by atoms with van der Waals surface area (Å²) in [5, 5.41) is 20.3. The molecule has 0 aliphatic rings. The molecule has 0 bridgehead atoms. The predicted octanol–water partition coefficient (Wildman–Crippen LogP) is 5.89. The molecule has 0 aromatic heterocycles. The van der Waals surface area contributed by atoms with Gasteiger partial charge in [0.05, 0.1) is 10.6 Å². The molecule has 3 rings (SSSR count). The molecule has 0 aliphatic heterocycles. The molecule has 0 heterocycles. The van der Waals surface area contributed by atoms with E-state index < -0.39 is 42.0 Å². The first-order valence-electron chi connectivity index (χ1n) is 7.91. The Morgan fingerprint density at radius 3 is 1.72 bits per heavy atom. The van der Waals surface area contributed by atoms with Crippen LogP contribution in [0.4, 0.5) is 0 Å². The van der Waals surface area contributed by atoms with Crippen LogP contribution in [0.3, 0.4) is 0 Å². The molecule has 3 aromatic carbocycles. The maximum absolute atomic E-state index is 12.9. The van der Waals surface area contributed by atoms with Gasteiger partial charge in [-0.3, -0.25) is 4.55 Å². The van der Waals surface area contributed by atoms with Gasteiger partial charge in [0.1, 0.15) is 21.5 Å². The lowest BCUT2D eigenvalue weighted by molar-refractivity contribution is 0.416. The lowest BCUT2D eigenvalue weighted by atomic mass is 9.83. The van der Waals surface area contributed by atoms with Crippen molar-refractivity contribution in [1.82, 2.24) is 0 Å². The topological polar surface area (TPSA) is 94.8 Å². The van der Waals surface area contributed by atoms with Gasteiger partial charge in [0.25, 0.3) is 10.1 Å². The largest absolute Gasteiger partial charge is 0.506 e. The molecule has 3 N–H and O–H groups in total. The van der Waals surface area contributed by atoms with E-state index in [1.54, 1.807) is 6.07 Å². The zero-order valence-electron chi connectivity index (χ0n) is 14.3. The third kappa shape index (κ3) is 3.44. The van der Waals surface area contributed by atoms with Crippen molar-refractivity contribution in [3.05, 3.63) is 91.4 Å². The number of phenols is 2. The number of benzene rings is 3. The van der Waals surface area contributed by atoms with E-state index in [0.717, 1.165) is 0 Å². The summed E-state index contributed by atoms with van der Waals surface area (Å²) in [6, 6.07) is 13.0. The van der Waals surface area contributed by atoms with E-state index >= 15 is 0 Å². The van der Waals surface area contributed by atoms with Crippen LogP contribution in [0.25, 0.3) is 0 Å². The first kappa shape index (κ1) is 22.0. The Bertz CT molecular complexity index is 1170. The van der Waals surface area contributed by atoms with Crippen molar-refractivity contribution in [2.24, 2.45) is 0 Å². The van der Waals surface area contributed by atoms with E-state index in [1.807, 2.05) is 0 Å². The van der Waals surface area contributed by atoms with E-state index in [2.05, 4.69) is 0 Å². The first-order chi connectivity index (χ1) is 13.5. The van der Waals surface area contributed by atoms with Gasteiger partial charge in [-0.1, -0.05) is 88.9 Å². The second-order valence-electron chi connectivity index (χ2n) is 6.05. The summed E-state index contributed by atoms with van der Waals surface area (Å²) in [4.78, 5) is 0. The fourth-order valence-corrected chi connectivity index (χ4v) is 5.34. The molecular formula is C19H12Cl4O5S. The predicted molar refractivity (Wildman–Crippen MR) is 114 cm³/mol. The van der Waals surface area contributed by atoms with Gasteiger partial charge in [-0.05, 0) is 23.3 Å². The van der Waals surface area contributed by atoms with Crippen molar-refractivity contribution in [2.45, 2.75) is 4.75 Å². The molecule has 3 aromatic rings. The summed E-state index contributed by atoms with van der Waals surface area (Å²) >= 11 is 24.1. The number of rotatable bonds is 4. The van der Waals surface area contributed by atoms with Gasteiger partial charge in [-0.2, -0.15) is 8.42 Å². The Labute approximate surface area is 186 Å². The van der Waals surface area contributed by atoms with Crippen LogP contribution in [0.15, 0.2) is 54.6 Å². The zero-order valence-corrected chi connectivity index (χ0v) is 18.1. The van der Waals surface area contributed by atoms with Gasteiger partial charge in [0.2, 0.25) is 0 Å². The lowest BCUT2D eigenvalue weighted by Gasteiger charge is -2.34. The minimum Gasteiger partial charge on any atom is -0.506 e. The standard InChI is InChI=1S/C19H12Cl4O5S/c20-12-8-4-7-11(9-12)19(29(26,27)28,10-5-2-1-3-6-10)13-17(24)15(22)14(21)16(23)18(13)25/h1-9,24-25H,(H,26,27,28). The summed E-state index contributed by atoms with van der Waals surface area (Å²) in [5.74, 6) is -1.72. The Kier molecular flexibility index (Phi) is 5.98. The molecule has 0 aliphatic carbocycles. The van der Waals surface area contributed by atoms with Gasteiger partial charge in [0.15, 0.2) is 4.75 Å². The maximum atomic E-state index is 12.9. The maximum Gasteiger partial charge on any atom is 0.283 e. The molecule has 29 heavy (non-hydrogen) atoms. The Balaban J connectivity index is 2.66. The molecule has 1 unspecified atom stereocenters. The van der Waals surface area contributed by atoms with Gasteiger partial charge in [0, 0.05) is 5.02 Å². The molecule has 0 saturated carbocycles. The third-order valence-electron chi connectivity index (χ3n) is 4.43. The van der Waals surface area contributed by atoms with Gasteiger partial charge in [-0.15, -0.1) is 0 Å². The van der Waals surface area contributed by atoms with Crippen molar-refractivity contribution in [2.75, 3.05) is 0 Å². The van der Waals surface area contributed by atoms with E-state index in [0.29, 0.717) is 0 Å². The highest BCUT2D eigenvalue weighted by molar-refractivity contribution is 7.87. The summed E-state index contributed by atoms with van der Waals surface area (Å²) in [6.07, 6.45) is 0. The highest BCUT2D eigenvalue weighted by Gasteiger charge is 2.53. The Hall–Kier alpha value is -1.67. The van der Waals surface area contributed by atoms with E-state index in [9.17, 15) is 23.2 Å². The fourth-order valence-electron chi connectivity index (χ4n) is 3.23. The highest BCUT2D eigenvalue weighted by Crippen LogP contribution is 2.56. The van der Waals surface area contributed by atoms with Gasteiger partial charge < -0.3 is 10.2 Å².